The lowest BCUT2D eigenvalue weighted by molar-refractivity contribution is 0.0946. The van der Waals surface area contributed by atoms with Crippen LogP contribution in [0.25, 0.3) is 10.9 Å². The number of rotatable bonds is 6. The maximum Gasteiger partial charge on any atom is 0.331 e. The summed E-state index contributed by atoms with van der Waals surface area (Å²) in [6.07, 6.45) is 4.67. The molecular weight excluding hydrogens is 410 g/mol. The summed E-state index contributed by atoms with van der Waals surface area (Å²) in [5.41, 5.74) is 1.11. The van der Waals surface area contributed by atoms with Gasteiger partial charge in [0.2, 0.25) is 0 Å². The van der Waals surface area contributed by atoms with Crippen molar-refractivity contribution in [2.24, 2.45) is 7.05 Å². The molecule has 9 nitrogen and oxygen atoms in total. The smallest absolute Gasteiger partial charge is 0.331 e. The van der Waals surface area contributed by atoms with Crippen LogP contribution in [0.5, 0.6) is 5.75 Å². The Morgan fingerprint density at radius 2 is 1.88 bits per heavy atom. The third-order valence-electron chi connectivity index (χ3n) is 5.15. The molecule has 0 atom stereocenters. The predicted molar refractivity (Wildman–Crippen MR) is 119 cm³/mol. The highest BCUT2D eigenvalue weighted by Gasteiger charge is 2.15. The normalized spacial score (nSPS) is 10.8. The SMILES string of the molecule is COc1ccc(Cn2c(=O)c3cc(C(=O)NCc4cccnc4)ncc3n(C)c2=O)cc1. The van der Waals surface area contributed by atoms with Crippen LogP contribution in [0.4, 0.5) is 0 Å². The van der Waals surface area contributed by atoms with Crippen LogP contribution in [0.3, 0.4) is 0 Å². The van der Waals surface area contributed by atoms with Gasteiger partial charge < -0.3 is 10.1 Å². The van der Waals surface area contributed by atoms with Gasteiger partial charge in [0.1, 0.15) is 11.4 Å². The number of aromatic nitrogens is 4. The maximum absolute atomic E-state index is 13.1. The van der Waals surface area contributed by atoms with Crippen molar-refractivity contribution < 1.29 is 9.53 Å². The standard InChI is InChI=1S/C23H21N5O4/c1-27-20-13-25-19(21(29)26-12-16-4-3-9-24-11-16)10-18(20)22(30)28(23(27)31)14-15-5-7-17(32-2)8-6-15/h3-11,13H,12,14H2,1-2H3,(H,26,29). The van der Waals surface area contributed by atoms with Crippen molar-refractivity contribution in [2.45, 2.75) is 13.1 Å². The summed E-state index contributed by atoms with van der Waals surface area (Å²) < 4.78 is 7.64. The topological polar surface area (TPSA) is 108 Å². The van der Waals surface area contributed by atoms with Gasteiger partial charge in [-0.1, -0.05) is 18.2 Å². The van der Waals surface area contributed by atoms with Gasteiger partial charge in [-0.05, 0) is 35.4 Å². The number of nitrogens with zero attached hydrogens (tertiary/aromatic N) is 4. The average Bonchev–Trinajstić information content (AvgIpc) is 2.84. The van der Waals surface area contributed by atoms with Crippen LogP contribution in [0, 0.1) is 0 Å². The first kappa shape index (κ1) is 21.0. The Kier molecular flexibility index (Phi) is 5.80. The molecule has 0 saturated carbocycles. The number of amides is 1. The number of methoxy groups -OCH3 is 1. The van der Waals surface area contributed by atoms with E-state index in [0.29, 0.717) is 11.3 Å². The molecule has 4 aromatic rings. The van der Waals surface area contributed by atoms with E-state index in [2.05, 4.69) is 15.3 Å². The predicted octanol–water partition coefficient (Wildman–Crippen LogP) is 1.48. The van der Waals surface area contributed by atoms with Crippen molar-refractivity contribution in [3.8, 4) is 5.75 Å². The third-order valence-corrected chi connectivity index (χ3v) is 5.15. The second-order valence-electron chi connectivity index (χ2n) is 7.21. The molecule has 0 radical (unpaired) electrons. The molecule has 1 N–H and O–H groups in total. The summed E-state index contributed by atoms with van der Waals surface area (Å²) in [7, 11) is 3.13. The summed E-state index contributed by atoms with van der Waals surface area (Å²) in [5.74, 6) is 0.256. The largest absolute Gasteiger partial charge is 0.497 e. The van der Waals surface area contributed by atoms with Crippen LogP contribution < -0.4 is 21.3 Å². The van der Waals surface area contributed by atoms with Gasteiger partial charge in [-0.25, -0.2) is 9.78 Å². The van der Waals surface area contributed by atoms with E-state index in [0.717, 1.165) is 15.7 Å². The zero-order valence-corrected chi connectivity index (χ0v) is 17.6. The monoisotopic (exact) mass is 431 g/mol. The summed E-state index contributed by atoms with van der Waals surface area (Å²) in [5, 5.41) is 3.00. The number of nitrogens with one attached hydrogen (secondary N) is 1. The second kappa shape index (κ2) is 8.84. The number of hydrogen-bond acceptors (Lipinski definition) is 6. The molecule has 0 fully saturated rings. The molecule has 1 aromatic carbocycles. The number of carbonyl (C=O) groups excluding carboxylic acids is 1. The lowest BCUT2D eigenvalue weighted by Crippen LogP contribution is -2.39. The fourth-order valence-electron chi connectivity index (χ4n) is 3.36. The minimum absolute atomic E-state index is 0.0909. The maximum atomic E-state index is 13.1. The zero-order valence-electron chi connectivity index (χ0n) is 17.6. The van der Waals surface area contributed by atoms with Gasteiger partial charge in [-0.15, -0.1) is 0 Å². The van der Waals surface area contributed by atoms with E-state index in [4.69, 9.17) is 4.74 Å². The first-order valence-electron chi connectivity index (χ1n) is 9.87. The molecule has 0 saturated heterocycles. The number of pyridine rings is 2. The van der Waals surface area contributed by atoms with E-state index < -0.39 is 17.2 Å². The van der Waals surface area contributed by atoms with Crippen LogP contribution in [0.15, 0.2) is 70.6 Å². The molecule has 3 heterocycles. The van der Waals surface area contributed by atoms with Crippen LogP contribution in [0.1, 0.15) is 21.6 Å². The Bertz CT molecular complexity index is 1390. The number of fused-ring (bicyclic) bond motifs is 1. The molecule has 0 unspecified atom stereocenters. The first-order valence-corrected chi connectivity index (χ1v) is 9.87. The highest BCUT2D eigenvalue weighted by Crippen LogP contribution is 2.13. The Morgan fingerprint density at radius 1 is 1.09 bits per heavy atom. The van der Waals surface area contributed by atoms with Gasteiger partial charge in [0.15, 0.2) is 0 Å². The van der Waals surface area contributed by atoms with Crippen molar-refractivity contribution in [1.82, 2.24) is 24.4 Å². The minimum Gasteiger partial charge on any atom is -0.497 e. The first-order chi connectivity index (χ1) is 15.5. The third kappa shape index (κ3) is 4.13. The molecule has 0 aliphatic rings. The molecule has 4 rings (SSSR count). The fourth-order valence-corrected chi connectivity index (χ4v) is 3.36. The second-order valence-corrected chi connectivity index (χ2v) is 7.21. The number of hydrogen-bond donors (Lipinski definition) is 1. The molecule has 3 aromatic heterocycles. The minimum atomic E-state index is -0.484. The lowest BCUT2D eigenvalue weighted by atomic mass is 10.2. The van der Waals surface area contributed by atoms with Gasteiger partial charge >= 0.3 is 5.69 Å². The van der Waals surface area contributed by atoms with E-state index >= 15 is 0 Å². The molecular formula is C23H21N5O4. The Balaban J connectivity index is 1.67. The van der Waals surface area contributed by atoms with Crippen molar-refractivity contribution in [3.63, 3.8) is 0 Å². The number of carbonyl (C=O) groups is 1. The molecule has 0 bridgehead atoms. The van der Waals surface area contributed by atoms with E-state index in [1.54, 1.807) is 56.9 Å². The van der Waals surface area contributed by atoms with Crippen LogP contribution in [-0.2, 0) is 20.1 Å². The Hall–Kier alpha value is -4.27. The molecule has 0 aliphatic heterocycles. The number of ether oxygens (including phenoxy) is 1. The molecule has 0 aliphatic carbocycles. The molecule has 9 heteroatoms. The summed E-state index contributed by atoms with van der Waals surface area (Å²) >= 11 is 0. The quantitative estimate of drug-likeness (QED) is 0.495. The molecule has 162 valence electrons. The van der Waals surface area contributed by atoms with E-state index in [9.17, 15) is 14.4 Å². The van der Waals surface area contributed by atoms with Crippen molar-refractivity contribution in [1.29, 1.82) is 0 Å². The van der Waals surface area contributed by atoms with Gasteiger partial charge in [0, 0.05) is 26.0 Å². The Morgan fingerprint density at radius 3 is 2.56 bits per heavy atom. The molecule has 1 amide bonds. The fraction of sp³-hybridized carbons (Fsp3) is 0.174. The summed E-state index contributed by atoms with van der Waals surface area (Å²) in [6, 6.07) is 12.1. The van der Waals surface area contributed by atoms with Gasteiger partial charge in [0.25, 0.3) is 11.5 Å². The summed E-state index contributed by atoms with van der Waals surface area (Å²) in [4.78, 5) is 46.7. The van der Waals surface area contributed by atoms with Crippen molar-refractivity contribution in [3.05, 3.63) is 98.7 Å². The average molecular weight is 431 g/mol. The van der Waals surface area contributed by atoms with Crippen LogP contribution in [-0.4, -0.2) is 32.1 Å². The number of aryl methyl sites for hydroxylation is 1. The zero-order chi connectivity index (χ0) is 22.7. The number of benzene rings is 1. The van der Waals surface area contributed by atoms with Gasteiger partial charge in [0.05, 0.1) is 30.8 Å². The molecule has 0 spiro atoms. The lowest BCUT2D eigenvalue weighted by Gasteiger charge is -2.12. The highest BCUT2D eigenvalue weighted by molar-refractivity contribution is 5.95. The van der Waals surface area contributed by atoms with Crippen LogP contribution >= 0.6 is 0 Å². The van der Waals surface area contributed by atoms with Crippen molar-refractivity contribution >= 4 is 16.8 Å². The van der Waals surface area contributed by atoms with E-state index in [1.807, 2.05) is 6.07 Å². The van der Waals surface area contributed by atoms with E-state index in [1.165, 1.54) is 16.8 Å². The van der Waals surface area contributed by atoms with Gasteiger partial charge in [-0.2, -0.15) is 0 Å². The van der Waals surface area contributed by atoms with Crippen molar-refractivity contribution in [2.75, 3.05) is 7.11 Å². The Labute approximate surface area is 182 Å². The van der Waals surface area contributed by atoms with Crippen LogP contribution in [0.2, 0.25) is 0 Å². The highest BCUT2D eigenvalue weighted by atomic mass is 16.5. The van der Waals surface area contributed by atoms with E-state index in [-0.39, 0.29) is 24.2 Å². The van der Waals surface area contributed by atoms with Gasteiger partial charge in [-0.3, -0.25) is 23.7 Å². The summed E-state index contributed by atoms with van der Waals surface area (Å²) in [6.45, 7) is 0.373. The molecule has 32 heavy (non-hydrogen) atoms.